The van der Waals surface area contributed by atoms with Gasteiger partial charge in [0.25, 0.3) is 5.56 Å². The molecule has 2 aromatic heterocycles. The molecule has 0 saturated carbocycles. The molecule has 1 aliphatic heterocycles. The number of nitrogens with zero attached hydrogens (tertiary/aromatic N) is 3. The van der Waals surface area contributed by atoms with Gasteiger partial charge in [0.2, 0.25) is 5.95 Å². The maximum atomic E-state index is 13.0. The highest BCUT2D eigenvalue weighted by atomic mass is 16.5. The summed E-state index contributed by atoms with van der Waals surface area (Å²) in [6.45, 7) is 0.783. The summed E-state index contributed by atoms with van der Waals surface area (Å²) in [5, 5.41) is 0.485. The van der Waals surface area contributed by atoms with Gasteiger partial charge in [-0.1, -0.05) is 42.5 Å². The minimum atomic E-state index is -0.193. The molecule has 0 aliphatic carbocycles. The summed E-state index contributed by atoms with van der Waals surface area (Å²) < 4.78 is 5.19. The third-order valence-corrected chi connectivity index (χ3v) is 5.34. The molecule has 1 N–H and O–H groups in total. The Morgan fingerprint density at radius 2 is 1.90 bits per heavy atom. The Bertz CT molecular complexity index is 1310. The van der Waals surface area contributed by atoms with E-state index in [1.165, 1.54) is 5.56 Å². The van der Waals surface area contributed by atoms with Crippen molar-refractivity contribution in [1.82, 2.24) is 15.0 Å². The van der Waals surface area contributed by atoms with Gasteiger partial charge in [0.15, 0.2) is 5.65 Å². The van der Waals surface area contributed by atoms with Crippen LogP contribution in [0.3, 0.4) is 0 Å². The van der Waals surface area contributed by atoms with Crippen LogP contribution in [-0.4, -0.2) is 28.6 Å². The molecular formula is C24H20N4O2. The lowest BCUT2D eigenvalue weighted by Crippen LogP contribution is -2.21. The van der Waals surface area contributed by atoms with Gasteiger partial charge in [-0.3, -0.25) is 9.78 Å². The molecule has 0 spiro atoms. The number of aromatic nitrogens is 3. The summed E-state index contributed by atoms with van der Waals surface area (Å²) >= 11 is 0. The van der Waals surface area contributed by atoms with E-state index in [4.69, 9.17) is 4.74 Å². The molecule has 0 bridgehead atoms. The Morgan fingerprint density at radius 1 is 1.07 bits per heavy atom. The number of methoxy groups -OCH3 is 1. The number of anilines is 2. The van der Waals surface area contributed by atoms with Crippen molar-refractivity contribution in [1.29, 1.82) is 0 Å². The third-order valence-electron chi connectivity index (χ3n) is 5.34. The summed E-state index contributed by atoms with van der Waals surface area (Å²) in [4.78, 5) is 27.0. The van der Waals surface area contributed by atoms with Crippen LogP contribution in [0.2, 0.25) is 0 Å². The number of para-hydroxylation sites is 1. The van der Waals surface area contributed by atoms with Crippen molar-refractivity contribution in [3.8, 4) is 5.75 Å². The largest absolute Gasteiger partial charge is 0.497 e. The van der Waals surface area contributed by atoms with Gasteiger partial charge in [-0.25, -0.2) is 4.98 Å². The van der Waals surface area contributed by atoms with Gasteiger partial charge in [-0.15, -0.1) is 0 Å². The summed E-state index contributed by atoms with van der Waals surface area (Å²) in [5.41, 5.74) is 4.37. The zero-order valence-corrected chi connectivity index (χ0v) is 16.5. The molecule has 0 amide bonds. The molecule has 6 heteroatoms. The minimum absolute atomic E-state index is 0.193. The number of fused-ring (bicyclic) bond motifs is 2. The van der Waals surface area contributed by atoms with E-state index in [1.807, 2.05) is 65.6 Å². The Kier molecular flexibility index (Phi) is 4.52. The van der Waals surface area contributed by atoms with Crippen molar-refractivity contribution in [3.05, 3.63) is 87.8 Å². The van der Waals surface area contributed by atoms with Crippen LogP contribution < -0.4 is 15.2 Å². The quantitative estimate of drug-likeness (QED) is 0.560. The van der Waals surface area contributed by atoms with Crippen LogP contribution in [0.1, 0.15) is 16.7 Å². The molecule has 0 unspecified atom stereocenters. The molecule has 0 fully saturated rings. The van der Waals surface area contributed by atoms with E-state index in [0.29, 0.717) is 17.0 Å². The van der Waals surface area contributed by atoms with Crippen molar-refractivity contribution >= 4 is 34.8 Å². The van der Waals surface area contributed by atoms with Crippen molar-refractivity contribution in [2.45, 2.75) is 6.42 Å². The lowest BCUT2D eigenvalue weighted by Gasteiger charge is -2.17. The van der Waals surface area contributed by atoms with Gasteiger partial charge in [-0.05, 0) is 47.4 Å². The predicted octanol–water partition coefficient (Wildman–Crippen LogP) is 4.19. The molecule has 1 aliphatic rings. The molecule has 4 aromatic rings. The zero-order valence-electron chi connectivity index (χ0n) is 16.5. The number of benzene rings is 2. The molecule has 148 valence electrons. The normalized spacial score (nSPS) is 13.2. The fourth-order valence-electron chi connectivity index (χ4n) is 3.80. The third kappa shape index (κ3) is 3.22. The summed E-state index contributed by atoms with van der Waals surface area (Å²) in [6.07, 6.45) is 6.48. The lowest BCUT2D eigenvalue weighted by atomic mass is 10.1. The fraction of sp³-hybridized carbons (Fsp3) is 0.125. The number of H-pyrrole nitrogens is 1. The Morgan fingerprint density at radius 3 is 2.73 bits per heavy atom. The van der Waals surface area contributed by atoms with Crippen LogP contribution in [-0.2, 0) is 6.42 Å². The summed E-state index contributed by atoms with van der Waals surface area (Å²) in [5.74, 6) is 1.33. The molecule has 3 heterocycles. The number of nitrogens with one attached hydrogen (secondary N) is 1. The summed E-state index contributed by atoms with van der Waals surface area (Å²) in [7, 11) is 1.64. The van der Waals surface area contributed by atoms with E-state index in [9.17, 15) is 4.79 Å². The van der Waals surface area contributed by atoms with E-state index in [0.717, 1.165) is 35.5 Å². The average molecular weight is 396 g/mol. The zero-order chi connectivity index (χ0) is 20.5. The topological polar surface area (TPSA) is 71.1 Å². The van der Waals surface area contributed by atoms with Crippen molar-refractivity contribution < 1.29 is 4.74 Å². The number of aromatic amines is 1. The molecule has 2 aromatic carbocycles. The first-order valence-electron chi connectivity index (χ1n) is 9.79. The van der Waals surface area contributed by atoms with Crippen LogP contribution >= 0.6 is 0 Å². The second-order valence-corrected chi connectivity index (χ2v) is 7.13. The monoisotopic (exact) mass is 396 g/mol. The molecule has 6 nitrogen and oxygen atoms in total. The molecule has 0 atom stereocenters. The van der Waals surface area contributed by atoms with Gasteiger partial charge in [-0.2, -0.15) is 4.98 Å². The van der Waals surface area contributed by atoms with Crippen LogP contribution in [0.15, 0.2) is 65.6 Å². The smallest absolute Gasteiger partial charge is 0.262 e. The highest BCUT2D eigenvalue weighted by Crippen LogP contribution is 2.32. The van der Waals surface area contributed by atoms with Crippen LogP contribution in [0.25, 0.3) is 23.2 Å². The maximum Gasteiger partial charge on any atom is 0.262 e. The minimum Gasteiger partial charge on any atom is -0.497 e. The van der Waals surface area contributed by atoms with Gasteiger partial charge >= 0.3 is 0 Å². The first-order chi connectivity index (χ1) is 14.7. The second kappa shape index (κ2) is 7.48. The first-order valence-corrected chi connectivity index (χ1v) is 9.79. The van der Waals surface area contributed by atoms with E-state index < -0.39 is 0 Å². The van der Waals surface area contributed by atoms with Crippen molar-refractivity contribution in [3.63, 3.8) is 0 Å². The molecule has 0 saturated heterocycles. The van der Waals surface area contributed by atoms with Gasteiger partial charge in [0.1, 0.15) is 5.75 Å². The predicted molar refractivity (Wildman–Crippen MR) is 119 cm³/mol. The van der Waals surface area contributed by atoms with Crippen molar-refractivity contribution in [2.75, 3.05) is 18.6 Å². The molecular weight excluding hydrogens is 376 g/mol. The Balaban J connectivity index is 1.53. The number of ether oxygens (including phenoxy) is 1. The maximum absolute atomic E-state index is 13.0. The number of pyridine rings is 1. The van der Waals surface area contributed by atoms with Crippen molar-refractivity contribution in [2.24, 2.45) is 0 Å². The molecule has 30 heavy (non-hydrogen) atoms. The van der Waals surface area contributed by atoms with E-state index >= 15 is 0 Å². The highest BCUT2D eigenvalue weighted by Gasteiger charge is 2.22. The Hall–Kier alpha value is -3.93. The lowest BCUT2D eigenvalue weighted by molar-refractivity contribution is 0.415. The van der Waals surface area contributed by atoms with Gasteiger partial charge in [0, 0.05) is 18.4 Å². The second-order valence-electron chi connectivity index (χ2n) is 7.13. The number of rotatable bonds is 4. The fourth-order valence-corrected chi connectivity index (χ4v) is 3.80. The summed E-state index contributed by atoms with van der Waals surface area (Å²) in [6, 6.07) is 17.7. The number of hydrogen-bond acceptors (Lipinski definition) is 5. The number of hydrogen-bond donors (Lipinski definition) is 1. The van der Waals surface area contributed by atoms with Crippen LogP contribution in [0.4, 0.5) is 11.6 Å². The van der Waals surface area contributed by atoms with Gasteiger partial charge in [0.05, 0.1) is 12.5 Å². The average Bonchev–Trinajstić information content (AvgIpc) is 3.22. The highest BCUT2D eigenvalue weighted by molar-refractivity contribution is 5.88. The van der Waals surface area contributed by atoms with Crippen LogP contribution in [0, 0.1) is 0 Å². The molecule has 5 rings (SSSR count). The van der Waals surface area contributed by atoms with E-state index in [-0.39, 0.29) is 5.56 Å². The van der Waals surface area contributed by atoms with E-state index in [1.54, 1.807) is 13.3 Å². The molecule has 0 radical (unpaired) electrons. The van der Waals surface area contributed by atoms with Crippen LogP contribution in [0.5, 0.6) is 5.75 Å². The SMILES string of the molecule is COc1ccc(/C=C/c2ccnc3nc(N4CCc5ccccc54)[nH]c(=O)c23)cc1. The van der Waals surface area contributed by atoms with E-state index in [2.05, 4.69) is 21.0 Å². The van der Waals surface area contributed by atoms with Gasteiger partial charge < -0.3 is 9.64 Å². The Labute approximate surface area is 173 Å². The first kappa shape index (κ1) is 18.1. The standard InChI is InChI=1S/C24H20N4O2/c1-30-19-10-7-16(8-11-19)6-9-18-12-14-25-22-21(18)23(29)27-24(26-22)28-15-13-17-4-2-3-5-20(17)28/h2-12,14H,13,15H2,1H3,(H,25,26,27,29)/b9-6+.